The number of piperidine rings is 2. The summed E-state index contributed by atoms with van der Waals surface area (Å²) in [6.45, 7) is 4.00. The highest BCUT2D eigenvalue weighted by Crippen LogP contribution is 2.31. The highest BCUT2D eigenvalue weighted by atomic mass is 16.1. The van der Waals surface area contributed by atoms with Crippen molar-refractivity contribution in [3.63, 3.8) is 0 Å². The van der Waals surface area contributed by atoms with Gasteiger partial charge in [0.15, 0.2) is 5.82 Å². The molecule has 26 heavy (non-hydrogen) atoms. The maximum Gasteiger partial charge on any atom is 0.223 e. The van der Waals surface area contributed by atoms with Gasteiger partial charge in [0.2, 0.25) is 5.91 Å². The van der Waals surface area contributed by atoms with Crippen LogP contribution in [0.5, 0.6) is 0 Å². The van der Waals surface area contributed by atoms with Crippen LogP contribution in [0.4, 0.5) is 11.5 Å². The molecule has 3 aliphatic rings. The standard InChI is InChI=1S/C20H31N5O/c26-20(23-17-6-2-3-7-17)16-8-12-24(13-9-16)18-14-21-15-22-19(18)25-10-4-1-5-11-25/h14-17H,1-13H2,(H,23,26). The van der Waals surface area contributed by atoms with Crippen molar-refractivity contribution in [1.82, 2.24) is 15.3 Å². The minimum Gasteiger partial charge on any atom is -0.367 e. The zero-order chi connectivity index (χ0) is 17.8. The van der Waals surface area contributed by atoms with Crippen LogP contribution in [-0.4, -0.2) is 48.1 Å². The van der Waals surface area contributed by atoms with Crippen molar-refractivity contribution >= 4 is 17.4 Å². The van der Waals surface area contributed by atoms with Gasteiger partial charge in [-0.2, -0.15) is 0 Å². The number of hydrogen-bond acceptors (Lipinski definition) is 5. The topological polar surface area (TPSA) is 61.4 Å². The fraction of sp³-hybridized carbons (Fsp3) is 0.750. The number of nitrogens with zero attached hydrogens (tertiary/aromatic N) is 4. The lowest BCUT2D eigenvalue weighted by Gasteiger charge is -2.36. The van der Waals surface area contributed by atoms with Crippen molar-refractivity contribution in [2.75, 3.05) is 36.0 Å². The average Bonchev–Trinajstić information content (AvgIpc) is 3.22. The van der Waals surface area contributed by atoms with Gasteiger partial charge < -0.3 is 15.1 Å². The molecule has 1 aliphatic carbocycles. The van der Waals surface area contributed by atoms with Gasteiger partial charge in [-0.1, -0.05) is 12.8 Å². The fourth-order valence-corrected chi connectivity index (χ4v) is 4.66. The quantitative estimate of drug-likeness (QED) is 0.898. The molecule has 0 radical (unpaired) electrons. The molecule has 0 atom stereocenters. The highest BCUT2D eigenvalue weighted by molar-refractivity contribution is 5.79. The third-order valence-corrected chi connectivity index (χ3v) is 6.24. The van der Waals surface area contributed by atoms with E-state index in [0.29, 0.717) is 6.04 Å². The fourth-order valence-electron chi connectivity index (χ4n) is 4.66. The monoisotopic (exact) mass is 357 g/mol. The Bertz CT molecular complexity index is 602. The Morgan fingerprint density at radius 2 is 1.65 bits per heavy atom. The summed E-state index contributed by atoms with van der Waals surface area (Å²) in [4.78, 5) is 26.2. The zero-order valence-electron chi connectivity index (χ0n) is 15.7. The number of rotatable bonds is 4. The molecule has 142 valence electrons. The molecular formula is C20H31N5O. The first kappa shape index (κ1) is 17.6. The van der Waals surface area contributed by atoms with Crippen LogP contribution in [0.25, 0.3) is 0 Å². The van der Waals surface area contributed by atoms with Crippen molar-refractivity contribution in [2.45, 2.75) is 63.8 Å². The second-order valence-corrected chi connectivity index (χ2v) is 8.03. The minimum atomic E-state index is 0.162. The lowest BCUT2D eigenvalue weighted by molar-refractivity contribution is -0.126. The number of aromatic nitrogens is 2. The van der Waals surface area contributed by atoms with Crippen LogP contribution in [-0.2, 0) is 4.79 Å². The molecule has 3 heterocycles. The second kappa shape index (κ2) is 8.23. The molecule has 3 fully saturated rings. The van der Waals surface area contributed by atoms with E-state index in [1.165, 1.54) is 32.1 Å². The van der Waals surface area contributed by atoms with Crippen LogP contribution in [0.2, 0.25) is 0 Å². The van der Waals surface area contributed by atoms with E-state index in [-0.39, 0.29) is 11.8 Å². The lowest BCUT2D eigenvalue weighted by atomic mass is 9.95. The summed E-state index contributed by atoms with van der Waals surface area (Å²) >= 11 is 0. The molecule has 0 aromatic carbocycles. The van der Waals surface area contributed by atoms with E-state index in [0.717, 1.165) is 63.4 Å². The van der Waals surface area contributed by atoms with E-state index >= 15 is 0 Å². The van der Waals surface area contributed by atoms with Gasteiger partial charge in [-0.05, 0) is 44.9 Å². The molecule has 1 saturated carbocycles. The van der Waals surface area contributed by atoms with Gasteiger partial charge in [0.1, 0.15) is 6.33 Å². The molecule has 6 heteroatoms. The Morgan fingerprint density at radius 1 is 0.923 bits per heavy atom. The van der Waals surface area contributed by atoms with Gasteiger partial charge in [-0.25, -0.2) is 9.97 Å². The van der Waals surface area contributed by atoms with Crippen LogP contribution in [0.15, 0.2) is 12.5 Å². The first-order chi connectivity index (χ1) is 12.8. The number of carbonyl (C=O) groups excluding carboxylic acids is 1. The normalized spacial score (nSPS) is 22.6. The van der Waals surface area contributed by atoms with Crippen LogP contribution < -0.4 is 15.1 Å². The first-order valence-corrected chi connectivity index (χ1v) is 10.4. The summed E-state index contributed by atoms with van der Waals surface area (Å²) in [5.74, 6) is 1.51. The second-order valence-electron chi connectivity index (χ2n) is 8.03. The van der Waals surface area contributed by atoms with Gasteiger partial charge >= 0.3 is 0 Å². The summed E-state index contributed by atoms with van der Waals surface area (Å²) < 4.78 is 0. The van der Waals surface area contributed by atoms with Gasteiger partial charge in [0, 0.05) is 38.1 Å². The SMILES string of the molecule is O=C(NC1CCCC1)C1CCN(c2cncnc2N2CCCCC2)CC1. The Kier molecular flexibility index (Phi) is 5.56. The van der Waals surface area contributed by atoms with E-state index in [4.69, 9.17) is 0 Å². The predicted octanol–water partition coefficient (Wildman–Crippen LogP) is 2.74. The van der Waals surface area contributed by atoms with Crippen molar-refractivity contribution in [3.05, 3.63) is 12.5 Å². The number of anilines is 2. The Labute approximate surface area is 156 Å². The van der Waals surface area contributed by atoms with E-state index in [1.54, 1.807) is 6.33 Å². The molecule has 1 aromatic rings. The molecule has 0 spiro atoms. The summed E-state index contributed by atoms with van der Waals surface area (Å²) in [5, 5.41) is 3.28. The molecule has 0 bridgehead atoms. The molecule has 2 aliphatic heterocycles. The van der Waals surface area contributed by atoms with E-state index < -0.39 is 0 Å². The lowest BCUT2D eigenvalue weighted by Crippen LogP contribution is -2.43. The van der Waals surface area contributed by atoms with Gasteiger partial charge in [-0.15, -0.1) is 0 Å². The van der Waals surface area contributed by atoms with E-state index in [9.17, 15) is 4.79 Å². The van der Waals surface area contributed by atoms with Crippen molar-refractivity contribution < 1.29 is 4.79 Å². The largest absolute Gasteiger partial charge is 0.367 e. The van der Waals surface area contributed by atoms with Crippen molar-refractivity contribution in [1.29, 1.82) is 0 Å². The maximum absolute atomic E-state index is 12.5. The van der Waals surface area contributed by atoms with Gasteiger partial charge in [-0.3, -0.25) is 4.79 Å². The van der Waals surface area contributed by atoms with Crippen LogP contribution >= 0.6 is 0 Å². The summed E-state index contributed by atoms with van der Waals surface area (Å²) in [6.07, 6.45) is 14.1. The molecule has 1 amide bonds. The van der Waals surface area contributed by atoms with Crippen LogP contribution in [0.1, 0.15) is 57.8 Å². The average molecular weight is 358 g/mol. The Hall–Kier alpha value is -1.85. The van der Waals surface area contributed by atoms with Crippen molar-refractivity contribution in [2.24, 2.45) is 5.92 Å². The van der Waals surface area contributed by atoms with Gasteiger partial charge in [0.05, 0.1) is 11.9 Å². The molecule has 1 N–H and O–H groups in total. The summed E-state index contributed by atoms with van der Waals surface area (Å²) in [7, 11) is 0. The van der Waals surface area contributed by atoms with E-state index in [1.807, 2.05) is 6.20 Å². The minimum absolute atomic E-state index is 0.162. The number of amides is 1. The van der Waals surface area contributed by atoms with Gasteiger partial charge in [0.25, 0.3) is 0 Å². The number of nitrogens with one attached hydrogen (secondary N) is 1. The third-order valence-electron chi connectivity index (χ3n) is 6.24. The van der Waals surface area contributed by atoms with Crippen LogP contribution in [0, 0.1) is 5.92 Å². The highest BCUT2D eigenvalue weighted by Gasteiger charge is 2.29. The van der Waals surface area contributed by atoms with Crippen LogP contribution in [0.3, 0.4) is 0 Å². The van der Waals surface area contributed by atoms with Crippen molar-refractivity contribution in [3.8, 4) is 0 Å². The number of carbonyl (C=O) groups is 1. The third kappa shape index (κ3) is 3.94. The smallest absolute Gasteiger partial charge is 0.223 e. The summed E-state index contributed by atoms with van der Waals surface area (Å²) in [6, 6.07) is 0.425. The first-order valence-electron chi connectivity index (χ1n) is 10.4. The van der Waals surface area contributed by atoms with E-state index in [2.05, 4.69) is 25.1 Å². The molecule has 2 saturated heterocycles. The molecule has 4 rings (SSSR count). The zero-order valence-corrected chi connectivity index (χ0v) is 15.7. The Morgan fingerprint density at radius 3 is 2.38 bits per heavy atom. The summed E-state index contributed by atoms with van der Waals surface area (Å²) in [5.41, 5.74) is 1.14. The molecule has 1 aromatic heterocycles. The maximum atomic E-state index is 12.5. The molecular weight excluding hydrogens is 326 g/mol. The predicted molar refractivity (Wildman–Crippen MR) is 103 cm³/mol. The number of hydrogen-bond donors (Lipinski definition) is 1. The Balaban J connectivity index is 1.36. The molecule has 6 nitrogen and oxygen atoms in total. The molecule has 0 unspecified atom stereocenters.